The highest BCUT2D eigenvalue weighted by Crippen LogP contribution is 2.29. The van der Waals surface area contributed by atoms with E-state index in [1.807, 2.05) is 0 Å². The molecule has 1 unspecified atom stereocenters. The van der Waals surface area contributed by atoms with Crippen LogP contribution in [0.2, 0.25) is 0 Å². The van der Waals surface area contributed by atoms with Crippen molar-refractivity contribution in [3.05, 3.63) is 0 Å². The van der Waals surface area contributed by atoms with Crippen LogP contribution < -0.4 is 0 Å². The van der Waals surface area contributed by atoms with Crippen LogP contribution in [0.3, 0.4) is 0 Å². The maximum atomic E-state index is 10.0. The van der Waals surface area contributed by atoms with Gasteiger partial charge in [0.05, 0.1) is 0 Å². The molecule has 0 aromatic heterocycles. The molecule has 0 saturated carbocycles. The minimum atomic E-state index is -1.21. The molecule has 0 radical (unpaired) electrons. The maximum absolute atomic E-state index is 10.0. The van der Waals surface area contributed by atoms with Crippen molar-refractivity contribution in [2.24, 2.45) is 0 Å². The van der Waals surface area contributed by atoms with E-state index in [1.54, 1.807) is 0 Å². The Morgan fingerprint density at radius 1 is 1.89 bits per heavy atom. The SMILES string of the molecule is CC1(O)C[C@H](C(=O)O)O1. The third-order valence-electron chi connectivity index (χ3n) is 1.24. The van der Waals surface area contributed by atoms with Crippen molar-refractivity contribution in [2.45, 2.75) is 25.2 Å². The molecule has 52 valence electrons. The Kier molecular flexibility index (Phi) is 1.22. The lowest BCUT2D eigenvalue weighted by Gasteiger charge is -2.38. The number of ether oxygens (including phenoxy) is 1. The molecule has 0 amide bonds. The predicted octanol–water partition coefficient (Wildman–Crippen LogP) is -0.432. The van der Waals surface area contributed by atoms with E-state index in [1.165, 1.54) is 6.92 Å². The zero-order chi connectivity index (χ0) is 7.07. The molecule has 1 aliphatic rings. The molecule has 4 heteroatoms. The monoisotopic (exact) mass is 132 g/mol. The Morgan fingerprint density at radius 3 is 2.44 bits per heavy atom. The van der Waals surface area contributed by atoms with Crippen LogP contribution in [0.25, 0.3) is 0 Å². The molecule has 1 fully saturated rings. The normalized spacial score (nSPS) is 41.8. The van der Waals surface area contributed by atoms with Crippen molar-refractivity contribution in [2.75, 3.05) is 0 Å². The molecule has 0 aromatic carbocycles. The van der Waals surface area contributed by atoms with E-state index in [0.29, 0.717) is 0 Å². The summed E-state index contributed by atoms with van der Waals surface area (Å²) in [7, 11) is 0. The summed E-state index contributed by atoms with van der Waals surface area (Å²) >= 11 is 0. The number of carboxylic acid groups (broad SMARTS) is 1. The van der Waals surface area contributed by atoms with E-state index in [-0.39, 0.29) is 6.42 Å². The van der Waals surface area contributed by atoms with E-state index in [0.717, 1.165) is 0 Å². The second-order valence-corrected chi connectivity index (χ2v) is 2.32. The van der Waals surface area contributed by atoms with E-state index in [2.05, 4.69) is 4.74 Å². The van der Waals surface area contributed by atoms with Gasteiger partial charge in [0.2, 0.25) is 0 Å². The van der Waals surface area contributed by atoms with Gasteiger partial charge in [0.25, 0.3) is 0 Å². The molecule has 9 heavy (non-hydrogen) atoms. The summed E-state index contributed by atoms with van der Waals surface area (Å²) in [5.74, 6) is -2.22. The van der Waals surface area contributed by atoms with Crippen LogP contribution in [-0.4, -0.2) is 28.1 Å². The Labute approximate surface area is 52.1 Å². The van der Waals surface area contributed by atoms with Gasteiger partial charge in [-0.05, 0) is 6.92 Å². The summed E-state index contributed by atoms with van der Waals surface area (Å²) in [6, 6.07) is 0. The van der Waals surface area contributed by atoms with Crippen molar-refractivity contribution < 1.29 is 19.7 Å². The fourth-order valence-corrected chi connectivity index (χ4v) is 0.779. The molecule has 2 atom stereocenters. The average Bonchev–Trinajstić information content (AvgIpc) is 1.59. The number of rotatable bonds is 1. The van der Waals surface area contributed by atoms with Gasteiger partial charge in [0.15, 0.2) is 11.9 Å². The number of aliphatic carboxylic acids is 1. The van der Waals surface area contributed by atoms with Crippen molar-refractivity contribution in [1.29, 1.82) is 0 Å². The van der Waals surface area contributed by atoms with E-state index in [9.17, 15) is 4.79 Å². The first-order chi connectivity index (χ1) is 4.01. The van der Waals surface area contributed by atoms with Crippen LogP contribution in [0, 0.1) is 0 Å². The molecular formula is C5H8O4. The van der Waals surface area contributed by atoms with Crippen LogP contribution in [0.4, 0.5) is 0 Å². The van der Waals surface area contributed by atoms with Crippen molar-refractivity contribution in [1.82, 2.24) is 0 Å². The first kappa shape index (κ1) is 6.51. The van der Waals surface area contributed by atoms with Gasteiger partial charge in [-0.1, -0.05) is 0 Å². The smallest absolute Gasteiger partial charge is 0.333 e. The second kappa shape index (κ2) is 1.68. The molecule has 2 N–H and O–H groups in total. The predicted molar refractivity (Wildman–Crippen MR) is 27.7 cm³/mol. The minimum Gasteiger partial charge on any atom is -0.479 e. The van der Waals surface area contributed by atoms with Crippen molar-refractivity contribution in [3.8, 4) is 0 Å². The van der Waals surface area contributed by atoms with Crippen LogP contribution >= 0.6 is 0 Å². The third kappa shape index (κ3) is 1.20. The molecule has 1 saturated heterocycles. The number of hydrogen-bond donors (Lipinski definition) is 2. The lowest BCUT2D eigenvalue weighted by Crippen LogP contribution is -2.51. The Bertz CT molecular complexity index is 132. The van der Waals surface area contributed by atoms with Gasteiger partial charge < -0.3 is 14.9 Å². The summed E-state index contributed by atoms with van der Waals surface area (Å²) in [6.07, 6.45) is -0.623. The Hall–Kier alpha value is -0.610. The molecule has 4 nitrogen and oxygen atoms in total. The van der Waals surface area contributed by atoms with Gasteiger partial charge in [-0.15, -0.1) is 0 Å². The van der Waals surface area contributed by atoms with Crippen LogP contribution in [-0.2, 0) is 9.53 Å². The molecule has 1 aliphatic heterocycles. The average molecular weight is 132 g/mol. The van der Waals surface area contributed by atoms with Gasteiger partial charge >= 0.3 is 5.97 Å². The van der Waals surface area contributed by atoms with Gasteiger partial charge in [-0.25, -0.2) is 4.79 Å². The van der Waals surface area contributed by atoms with E-state index in [4.69, 9.17) is 10.2 Å². The lowest BCUT2D eigenvalue weighted by molar-refractivity contribution is -0.305. The summed E-state index contributed by atoms with van der Waals surface area (Å²) in [5.41, 5.74) is 0. The molecular weight excluding hydrogens is 124 g/mol. The van der Waals surface area contributed by atoms with Crippen molar-refractivity contribution >= 4 is 5.97 Å². The first-order valence-corrected chi connectivity index (χ1v) is 2.64. The van der Waals surface area contributed by atoms with E-state index < -0.39 is 17.9 Å². The topological polar surface area (TPSA) is 66.8 Å². The molecule has 1 heterocycles. The van der Waals surface area contributed by atoms with Gasteiger partial charge in [0, 0.05) is 6.42 Å². The quantitative estimate of drug-likeness (QED) is 0.508. The third-order valence-corrected chi connectivity index (χ3v) is 1.24. The number of carboxylic acids is 1. The standard InChI is InChI=1S/C5H8O4/c1-5(8)2-3(9-5)4(6)7/h3,8H,2H2,1H3,(H,6,7)/t3-,5?/m1/s1. The number of carbonyl (C=O) groups is 1. The van der Waals surface area contributed by atoms with Crippen molar-refractivity contribution in [3.63, 3.8) is 0 Å². The summed E-state index contributed by atoms with van der Waals surface area (Å²) in [6.45, 7) is 1.44. The molecule has 1 rings (SSSR count). The minimum absolute atomic E-state index is 0.183. The summed E-state index contributed by atoms with van der Waals surface area (Å²) < 4.78 is 4.54. The zero-order valence-corrected chi connectivity index (χ0v) is 5.00. The summed E-state index contributed by atoms with van der Waals surface area (Å²) in [5, 5.41) is 17.1. The Morgan fingerprint density at radius 2 is 2.33 bits per heavy atom. The molecule has 0 spiro atoms. The highest BCUT2D eigenvalue weighted by atomic mass is 16.7. The van der Waals surface area contributed by atoms with Crippen LogP contribution in [0.5, 0.6) is 0 Å². The fourth-order valence-electron chi connectivity index (χ4n) is 0.779. The number of hydrogen-bond acceptors (Lipinski definition) is 3. The zero-order valence-electron chi connectivity index (χ0n) is 5.00. The van der Waals surface area contributed by atoms with Gasteiger partial charge in [-0.3, -0.25) is 0 Å². The molecule has 0 bridgehead atoms. The highest BCUT2D eigenvalue weighted by molar-refractivity contribution is 5.73. The van der Waals surface area contributed by atoms with Crippen LogP contribution in [0.15, 0.2) is 0 Å². The molecule has 0 aromatic rings. The largest absolute Gasteiger partial charge is 0.479 e. The summed E-state index contributed by atoms with van der Waals surface area (Å²) in [4.78, 5) is 10.0. The maximum Gasteiger partial charge on any atom is 0.333 e. The highest BCUT2D eigenvalue weighted by Gasteiger charge is 2.43. The molecule has 0 aliphatic carbocycles. The van der Waals surface area contributed by atoms with Gasteiger partial charge in [-0.2, -0.15) is 0 Å². The number of aliphatic hydroxyl groups is 1. The van der Waals surface area contributed by atoms with E-state index >= 15 is 0 Å². The van der Waals surface area contributed by atoms with Crippen LogP contribution in [0.1, 0.15) is 13.3 Å². The van der Waals surface area contributed by atoms with Gasteiger partial charge in [0.1, 0.15) is 0 Å². The lowest BCUT2D eigenvalue weighted by atomic mass is 10.0. The second-order valence-electron chi connectivity index (χ2n) is 2.32. The fraction of sp³-hybridized carbons (Fsp3) is 0.800. The first-order valence-electron chi connectivity index (χ1n) is 2.64. The Balaban J connectivity index is 2.35.